The fraction of sp³-hybridized carbons (Fsp3) is 0.632. The van der Waals surface area contributed by atoms with Crippen LogP contribution in [0, 0.1) is 0 Å². The predicted molar refractivity (Wildman–Crippen MR) is 116 cm³/mol. The molecule has 4 unspecified atom stereocenters. The summed E-state index contributed by atoms with van der Waals surface area (Å²) in [5, 5.41) is 7.01. The first-order chi connectivity index (χ1) is 12.1. The molecule has 0 spiro atoms. The number of fused-ring (bicyclic) bond motifs is 2. The highest BCUT2D eigenvalue weighted by Crippen LogP contribution is 2.34. The third-order valence-corrected chi connectivity index (χ3v) is 5.24. The van der Waals surface area contributed by atoms with Gasteiger partial charge in [-0.3, -0.25) is 4.99 Å². The zero-order valence-electron chi connectivity index (χ0n) is 16.1. The number of likely N-dealkylation sites (N-methyl/N-ethyl adjacent to an activating group) is 1. The largest absolute Gasteiger partial charge is 0.496 e. The van der Waals surface area contributed by atoms with Gasteiger partial charge in [-0.15, -0.1) is 24.0 Å². The minimum Gasteiger partial charge on any atom is -0.496 e. The second-order valence-electron chi connectivity index (χ2n) is 7.03. The summed E-state index contributed by atoms with van der Waals surface area (Å²) >= 11 is 0. The molecular formula is C19H31IN4O2. The number of nitrogens with one attached hydrogen (secondary N) is 2. The van der Waals surface area contributed by atoms with E-state index in [1.54, 1.807) is 7.11 Å². The number of methoxy groups -OCH3 is 1. The number of para-hydroxylation sites is 1. The summed E-state index contributed by atoms with van der Waals surface area (Å²) in [6.07, 6.45) is 4.20. The molecule has 1 aromatic rings. The Morgan fingerprint density at radius 1 is 1.35 bits per heavy atom. The van der Waals surface area contributed by atoms with Crippen LogP contribution in [0.1, 0.15) is 30.9 Å². The monoisotopic (exact) mass is 474 g/mol. The van der Waals surface area contributed by atoms with Crippen LogP contribution >= 0.6 is 24.0 Å². The van der Waals surface area contributed by atoms with Gasteiger partial charge in [0.05, 0.1) is 31.4 Å². The number of hydrogen-bond donors (Lipinski definition) is 2. The maximum absolute atomic E-state index is 5.92. The van der Waals surface area contributed by atoms with E-state index in [0.717, 1.165) is 31.1 Å². The number of hydrogen-bond acceptors (Lipinski definition) is 4. The molecule has 26 heavy (non-hydrogen) atoms. The molecule has 2 bridgehead atoms. The molecule has 0 amide bonds. The standard InChI is InChI=1S/C19H30N4O2.HI/c1-20-19(22-15-11-13-9-10-18(15)25-13)21-12-16(23(2)3)14-7-5-6-8-17(14)24-4;/h5-8,13,15-16,18H,9-12H2,1-4H3,(H2,20,21,22);1H. The molecule has 2 N–H and O–H groups in total. The van der Waals surface area contributed by atoms with Crippen LogP contribution in [-0.4, -0.2) is 63.9 Å². The molecule has 7 heteroatoms. The lowest BCUT2D eigenvalue weighted by molar-refractivity contribution is 0.0992. The first kappa shape index (κ1) is 21.2. The minimum absolute atomic E-state index is 0. The molecule has 2 heterocycles. The van der Waals surface area contributed by atoms with Crippen molar-refractivity contribution in [2.45, 2.75) is 43.6 Å². The lowest BCUT2D eigenvalue weighted by Crippen LogP contribution is -2.49. The third-order valence-electron chi connectivity index (χ3n) is 5.24. The quantitative estimate of drug-likeness (QED) is 0.377. The van der Waals surface area contributed by atoms with Gasteiger partial charge in [-0.2, -0.15) is 0 Å². The van der Waals surface area contributed by atoms with Crippen LogP contribution in [0.25, 0.3) is 0 Å². The molecule has 146 valence electrons. The molecule has 2 saturated heterocycles. The van der Waals surface area contributed by atoms with Crippen molar-refractivity contribution in [1.29, 1.82) is 0 Å². The molecule has 0 radical (unpaired) electrons. The molecular weight excluding hydrogens is 443 g/mol. The van der Waals surface area contributed by atoms with Crippen molar-refractivity contribution in [1.82, 2.24) is 15.5 Å². The molecule has 6 nitrogen and oxygen atoms in total. The maximum Gasteiger partial charge on any atom is 0.191 e. The summed E-state index contributed by atoms with van der Waals surface area (Å²) in [6, 6.07) is 8.72. The summed E-state index contributed by atoms with van der Waals surface area (Å²) in [5.41, 5.74) is 1.17. The van der Waals surface area contributed by atoms with Crippen molar-refractivity contribution in [3.63, 3.8) is 0 Å². The maximum atomic E-state index is 5.92. The topological polar surface area (TPSA) is 58.1 Å². The number of rotatable bonds is 6. The van der Waals surface area contributed by atoms with Crippen LogP contribution in [0.2, 0.25) is 0 Å². The number of nitrogens with zero attached hydrogens (tertiary/aromatic N) is 2. The predicted octanol–water partition coefficient (Wildman–Crippen LogP) is 2.40. The van der Waals surface area contributed by atoms with E-state index in [1.807, 2.05) is 25.2 Å². The Kier molecular flexibility index (Phi) is 7.97. The van der Waals surface area contributed by atoms with Crippen LogP contribution in [0.5, 0.6) is 5.75 Å². The van der Waals surface area contributed by atoms with Gasteiger partial charge in [-0.1, -0.05) is 18.2 Å². The SMILES string of the molecule is CN=C(NCC(c1ccccc1OC)N(C)C)NC1CC2CCC1O2.I. The van der Waals surface area contributed by atoms with Crippen molar-refractivity contribution < 1.29 is 9.47 Å². The average molecular weight is 474 g/mol. The fourth-order valence-electron chi connectivity index (χ4n) is 3.87. The van der Waals surface area contributed by atoms with Crippen molar-refractivity contribution in [2.75, 3.05) is 34.8 Å². The highest BCUT2D eigenvalue weighted by Gasteiger charge is 2.41. The average Bonchev–Trinajstić information content (AvgIpc) is 3.24. The van der Waals surface area contributed by atoms with Crippen LogP contribution in [0.4, 0.5) is 0 Å². The highest BCUT2D eigenvalue weighted by atomic mass is 127. The Balaban J connectivity index is 0.00000243. The Morgan fingerprint density at radius 2 is 2.12 bits per heavy atom. The third kappa shape index (κ3) is 4.80. The molecule has 2 aliphatic heterocycles. The van der Waals surface area contributed by atoms with Gasteiger partial charge in [0.25, 0.3) is 0 Å². The summed E-state index contributed by atoms with van der Waals surface area (Å²) in [7, 11) is 7.70. The number of aliphatic imine (C=N–C) groups is 1. The zero-order valence-corrected chi connectivity index (χ0v) is 18.4. The van der Waals surface area contributed by atoms with Crippen LogP contribution in [0.15, 0.2) is 29.3 Å². The van der Waals surface area contributed by atoms with E-state index in [0.29, 0.717) is 18.2 Å². The van der Waals surface area contributed by atoms with Gasteiger partial charge in [0.15, 0.2) is 5.96 Å². The number of ether oxygens (including phenoxy) is 2. The van der Waals surface area contributed by atoms with Gasteiger partial charge in [0.1, 0.15) is 5.75 Å². The second-order valence-corrected chi connectivity index (χ2v) is 7.03. The normalized spacial score (nSPS) is 25.7. The molecule has 3 rings (SSSR count). The van der Waals surface area contributed by atoms with E-state index in [1.165, 1.54) is 12.0 Å². The Hall–Kier alpha value is -1.06. The van der Waals surface area contributed by atoms with E-state index >= 15 is 0 Å². The van der Waals surface area contributed by atoms with Crippen molar-refractivity contribution in [3.05, 3.63) is 29.8 Å². The van der Waals surface area contributed by atoms with Gasteiger partial charge in [0, 0.05) is 19.2 Å². The summed E-state index contributed by atoms with van der Waals surface area (Å²) in [5.74, 6) is 1.75. The minimum atomic E-state index is 0. The van der Waals surface area contributed by atoms with E-state index in [9.17, 15) is 0 Å². The van der Waals surface area contributed by atoms with E-state index in [4.69, 9.17) is 9.47 Å². The number of halogens is 1. The number of benzene rings is 1. The Bertz CT molecular complexity index is 611. The lowest BCUT2D eigenvalue weighted by atomic mass is 9.96. The first-order valence-corrected chi connectivity index (χ1v) is 9.04. The van der Waals surface area contributed by atoms with E-state index in [2.05, 4.69) is 40.7 Å². The van der Waals surface area contributed by atoms with Gasteiger partial charge in [-0.25, -0.2) is 0 Å². The highest BCUT2D eigenvalue weighted by molar-refractivity contribution is 14.0. The van der Waals surface area contributed by atoms with Gasteiger partial charge in [0.2, 0.25) is 0 Å². The van der Waals surface area contributed by atoms with Crippen LogP contribution in [0.3, 0.4) is 0 Å². The lowest BCUT2D eigenvalue weighted by Gasteiger charge is -2.28. The molecule has 0 aliphatic carbocycles. The fourth-order valence-corrected chi connectivity index (χ4v) is 3.87. The van der Waals surface area contributed by atoms with E-state index < -0.39 is 0 Å². The summed E-state index contributed by atoms with van der Waals surface area (Å²) in [4.78, 5) is 6.58. The van der Waals surface area contributed by atoms with Crippen LogP contribution in [-0.2, 0) is 4.74 Å². The van der Waals surface area contributed by atoms with Gasteiger partial charge in [-0.05, 0) is 39.4 Å². The van der Waals surface area contributed by atoms with Crippen molar-refractivity contribution in [3.8, 4) is 5.75 Å². The van der Waals surface area contributed by atoms with Gasteiger partial charge >= 0.3 is 0 Å². The van der Waals surface area contributed by atoms with Crippen LogP contribution < -0.4 is 15.4 Å². The Labute approximate surface area is 173 Å². The van der Waals surface area contributed by atoms with Crippen molar-refractivity contribution in [2.24, 2.45) is 4.99 Å². The second kappa shape index (κ2) is 9.75. The van der Waals surface area contributed by atoms with Gasteiger partial charge < -0.3 is 25.0 Å². The van der Waals surface area contributed by atoms with Crippen molar-refractivity contribution >= 4 is 29.9 Å². The smallest absolute Gasteiger partial charge is 0.191 e. The molecule has 0 aromatic heterocycles. The number of guanidine groups is 1. The molecule has 4 atom stereocenters. The molecule has 2 aliphatic rings. The molecule has 1 aromatic carbocycles. The summed E-state index contributed by atoms with van der Waals surface area (Å²) < 4.78 is 11.5. The molecule has 0 saturated carbocycles. The zero-order chi connectivity index (χ0) is 17.8. The summed E-state index contributed by atoms with van der Waals surface area (Å²) in [6.45, 7) is 0.745. The molecule has 2 fully saturated rings. The first-order valence-electron chi connectivity index (χ1n) is 9.04. The van der Waals surface area contributed by atoms with E-state index in [-0.39, 0.29) is 30.0 Å². The Morgan fingerprint density at radius 3 is 2.69 bits per heavy atom.